The maximum atomic E-state index is 11.7. The van der Waals surface area contributed by atoms with Crippen LogP contribution >= 0.6 is 11.3 Å². The van der Waals surface area contributed by atoms with Gasteiger partial charge in [-0.05, 0) is 31.5 Å². The van der Waals surface area contributed by atoms with Crippen LogP contribution in [0, 0.1) is 6.92 Å². The summed E-state index contributed by atoms with van der Waals surface area (Å²) in [5.41, 5.74) is 9.39. The van der Waals surface area contributed by atoms with Crippen molar-refractivity contribution in [2.45, 2.75) is 19.9 Å². The summed E-state index contributed by atoms with van der Waals surface area (Å²) >= 11 is 1.54. The number of thiazole rings is 1. The molecule has 0 fully saturated rings. The van der Waals surface area contributed by atoms with Crippen molar-refractivity contribution in [3.63, 3.8) is 0 Å². The SMILES string of the molecule is Cc1c(C(N)=O)cc(-c2csc(-c3ccncc3)n2)n1CCCO. The lowest BCUT2D eigenvalue weighted by atomic mass is 10.2. The van der Waals surface area contributed by atoms with Crippen molar-refractivity contribution in [1.82, 2.24) is 14.5 Å². The van der Waals surface area contributed by atoms with E-state index in [4.69, 9.17) is 10.8 Å². The van der Waals surface area contributed by atoms with Gasteiger partial charge in [0.15, 0.2) is 0 Å². The molecule has 0 saturated heterocycles. The highest BCUT2D eigenvalue weighted by atomic mass is 32.1. The van der Waals surface area contributed by atoms with E-state index in [1.807, 2.05) is 29.0 Å². The highest BCUT2D eigenvalue weighted by Crippen LogP contribution is 2.31. The highest BCUT2D eigenvalue weighted by molar-refractivity contribution is 7.13. The fourth-order valence-corrected chi connectivity index (χ4v) is 3.46. The van der Waals surface area contributed by atoms with Gasteiger partial charge in [0.2, 0.25) is 0 Å². The minimum Gasteiger partial charge on any atom is -0.396 e. The van der Waals surface area contributed by atoms with E-state index in [-0.39, 0.29) is 6.61 Å². The Morgan fingerprint density at radius 2 is 2.12 bits per heavy atom. The van der Waals surface area contributed by atoms with Crippen molar-refractivity contribution in [1.29, 1.82) is 0 Å². The summed E-state index contributed by atoms with van der Waals surface area (Å²) in [6, 6.07) is 5.60. The number of pyridine rings is 1. The second-order valence-electron chi connectivity index (χ2n) is 5.40. The Bertz CT molecular complexity index is 855. The molecule has 0 unspecified atom stereocenters. The summed E-state index contributed by atoms with van der Waals surface area (Å²) < 4.78 is 1.99. The first-order valence-electron chi connectivity index (χ1n) is 7.59. The third-order valence-corrected chi connectivity index (χ3v) is 4.76. The van der Waals surface area contributed by atoms with E-state index in [1.165, 1.54) is 11.3 Å². The third kappa shape index (κ3) is 3.08. The molecule has 0 aromatic carbocycles. The number of carbonyl (C=O) groups excluding carboxylic acids is 1. The summed E-state index contributed by atoms with van der Waals surface area (Å²) in [4.78, 5) is 20.4. The van der Waals surface area contributed by atoms with Crippen LogP contribution in [0.15, 0.2) is 36.0 Å². The number of aliphatic hydroxyl groups excluding tert-OH is 1. The second kappa shape index (κ2) is 6.94. The van der Waals surface area contributed by atoms with Gasteiger partial charge in [0.25, 0.3) is 5.91 Å². The van der Waals surface area contributed by atoms with E-state index in [0.29, 0.717) is 18.5 Å². The number of nitrogens with zero attached hydrogens (tertiary/aromatic N) is 3. The maximum absolute atomic E-state index is 11.7. The Hall–Kier alpha value is -2.51. The average Bonchev–Trinajstić information content (AvgIpc) is 3.19. The predicted octanol–water partition coefficient (Wildman–Crippen LogP) is 2.46. The summed E-state index contributed by atoms with van der Waals surface area (Å²) in [7, 11) is 0. The number of primary amides is 1. The molecule has 3 N–H and O–H groups in total. The molecular formula is C17H18N4O2S. The lowest BCUT2D eigenvalue weighted by Crippen LogP contribution is -2.12. The van der Waals surface area contributed by atoms with Gasteiger partial charge in [0, 0.05) is 42.2 Å². The number of amides is 1. The Labute approximate surface area is 143 Å². The zero-order valence-electron chi connectivity index (χ0n) is 13.3. The zero-order valence-corrected chi connectivity index (χ0v) is 14.1. The molecular weight excluding hydrogens is 324 g/mol. The van der Waals surface area contributed by atoms with Crippen molar-refractivity contribution >= 4 is 17.2 Å². The van der Waals surface area contributed by atoms with Gasteiger partial charge in [0.05, 0.1) is 17.0 Å². The van der Waals surface area contributed by atoms with Crippen LogP contribution in [-0.2, 0) is 6.54 Å². The Morgan fingerprint density at radius 3 is 2.79 bits per heavy atom. The van der Waals surface area contributed by atoms with E-state index in [2.05, 4.69) is 9.97 Å². The van der Waals surface area contributed by atoms with Crippen LogP contribution in [0.25, 0.3) is 22.0 Å². The fraction of sp³-hybridized carbons (Fsp3) is 0.235. The van der Waals surface area contributed by atoms with E-state index >= 15 is 0 Å². The average molecular weight is 342 g/mol. The van der Waals surface area contributed by atoms with Crippen LogP contribution in [-0.4, -0.2) is 32.2 Å². The molecule has 6 nitrogen and oxygen atoms in total. The molecule has 3 rings (SSSR count). The number of aliphatic hydroxyl groups is 1. The number of hydrogen-bond acceptors (Lipinski definition) is 5. The molecule has 3 heterocycles. The quantitative estimate of drug-likeness (QED) is 0.719. The molecule has 0 aliphatic heterocycles. The molecule has 3 aromatic rings. The van der Waals surface area contributed by atoms with E-state index < -0.39 is 5.91 Å². The summed E-state index contributed by atoms with van der Waals surface area (Å²) in [5, 5.41) is 12.0. The Kier molecular flexibility index (Phi) is 4.73. The van der Waals surface area contributed by atoms with Crippen LogP contribution in [0.2, 0.25) is 0 Å². The van der Waals surface area contributed by atoms with Crippen LogP contribution in [0.5, 0.6) is 0 Å². The van der Waals surface area contributed by atoms with E-state index in [0.717, 1.165) is 27.7 Å². The number of carbonyl (C=O) groups is 1. The Balaban J connectivity index is 2.04. The molecule has 0 aliphatic carbocycles. The van der Waals surface area contributed by atoms with Gasteiger partial charge in [-0.15, -0.1) is 11.3 Å². The topological polar surface area (TPSA) is 94.0 Å². The number of hydrogen-bond donors (Lipinski definition) is 2. The molecule has 7 heteroatoms. The summed E-state index contributed by atoms with van der Waals surface area (Å²) in [6.45, 7) is 2.55. The zero-order chi connectivity index (χ0) is 17.1. The molecule has 3 aromatic heterocycles. The van der Waals surface area contributed by atoms with Crippen LogP contribution in [0.1, 0.15) is 22.5 Å². The van der Waals surface area contributed by atoms with Gasteiger partial charge in [-0.3, -0.25) is 9.78 Å². The molecule has 0 radical (unpaired) electrons. The van der Waals surface area contributed by atoms with Crippen LogP contribution < -0.4 is 5.73 Å². The molecule has 0 spiro atoms. The van der Waals surface area contributed by atoms with Gasteiger partial charge in [-0.1, -0.05) is 0 Å². The molecule has 0 aliphatic rings. The monoisotopic (exact) mass is 342 g/mol. The van der Waals surface area contributed by atoms with Crippen molar-refractivity contribution in [2.75, 3.05) is 6.61 Å². The van der Waals surface area contributed by atoms with E-state index in [1.54, 1.807) is 18.5 Å². The van der Waals surface area contributed by atoms with Gasteiger partial charge in [0.1, 0.15) is 5.01 Å². The number of rotatable bonds is 6. The van der Waals surface area contributed by atoms with Gasteiger partial charge < -0.3 is 15.4 Å². The lowest BCUT2D eigenvalue weighted by Gasteiger charge is -2.09. The highest BCUT2D eigenvalue weighted by Gasteiger charge is 2.18. The van der Waals surface area contributed by atoms with Crippen LogP contribution in [0.3, 0.4) is 0 Å². The maximum Gasteiger partial charge on any atom is 0.250 e. The molecule has 124 valence electrons. The molecule has 0 atom stereocenters. The van der Waals surface area contributed by atoms with Crippen molar-refractivity contribution in [3.8, 4) is 22.0 Å². The Morgan fingerprint density at radius 1 is 1.38 bits per heavy atom. The normalized spacial score (nSPS) is 10.9. The van der Waals surface area contributed by atoms with Crippen LogP contribution in [0.4, 0.5) is 0 Å². The van der Waals surface area contributed by atoms with Gasteiger partial charge >= 0.3 is 0 Å². The van der Waals surface area contributed by atoms with Gasteiger partial charge in [-0.25, -0.2) is 4.98 Å². The number of nitrogens with two attached hydrogens (primary N) is 1. The smallest absolute Gasteiger partial charge is 0.250 e. The number of aromatic nitrogens is 3. The molecule has 0 saturated carbocycles. The first-order chi connectivity index (χ1) is 11.6. The standard InChI is InChI=1S/C17H18N4O2S/c1-11-13(16(18)23)9-15(21(11)7-2-8-22)14-10-24-17(20-14)12-3-5-19-6-4-12/h3-6,9-10,22H,2,7-8H2,1H3,(H2,18,23). The largest absolute Gasteiger partial charge is 0.396 e. The molecule has 0 bridgehead atoms. The molecule has 1 amide bonds. The second-order valence-corrected chi connectivity index (χ2v) is 6.25. The first kappa shape index (κ1) is 16.4. The van der Waals surface area contributed by atoms with Crippen molar-refractivity contribution < 1.29 is 9.90 Å². The van der Waals surface area contributed by atoms with Crippen molar-refractivity contribution in [2.24, 2.45) is 5.73 Å². The predicted molar refractivity (Wildman–Crippen MR) is 93.7 cm³/mol. The minimum absolute atomic E-state index is 0.0856. The third-order valence-electron chi connectivity index (χ3n) is 3.87. The summed E-state index contributed by atoms with van der Waals surface area (Å²) in [6.07, 6.45) is 4.06. The first-order valence-corrected chi connectivity index (χ1v) is 8.47. The van der Waals surface area contributed by atoms with Crippen molar-refractivity contribution in [3.05, 3.63) is 47.2 Å². The molecule has 24 heavy (non-hydrogen) atoms. The lowest BCUT2D eigenvalue weighted by molar-refractivity contribution is 0.0999. The minimum atomic E-state index is -0.457. The van der Waals surface area contributed by atoms with E-state index in [9.17, 15) is 4.79 Å². The van der Waals surface area contributed by atoms with Gasteiger partial charge in [-0.2, -0.15) is 0 Å². The summed E-state index contributed by atoms with van der Waals surface area (Å²) in [5.74, 6) is -0.457. The fourth-order valence-electron chi connectivity index (χ4n) is 2.64.